The lowest BCUT2D eigenvalue weighted by Crippen LogP contribution is -2.36. The normalized spacial score (nSPS) is 11.0. The summed E-state index contributed by atoms with van der Waals surface area (Å²) in [6, 6.07) is 10.0. The summed E-state index contributed by atoms with van der Waals surface area (Å²) >= 11 is 5.84. The van der Waals surface area contributed by atoms with Gasteiger partial charge < -0.3 is 9.47 Å². The predicted octanol–water partition coefficient (Wildman–Crippen LogP) is 3.19. The van der Waals surface area contributed by atoms with Crippen molar-refractivity contribution >= 4 is 39.3 Å². The fraction of sp³-hybridized carbons (Fsp3) is 0.263. The van der Waals surface area contributed by atoms with E-state index in [-0.39, 0.29) is 22.8 Å². The Bertz CT molecular complexity index is 972. The Balaban J connectivity index is 2.53. The zero-order valence-corrected chi connectivity index (χ0v) is 17.2. The first-order chi connectivity index (χ1) is 13.2. The lowest BCUT2D eigenvalue weighted by atomic mass is 10.1. The monoisotopic (exact) mass is 425 g/mol. The summed E-state index contributed by atoms with van der Waals surface area (Å²) in [5.41, 5.74) is 1.01. The zero-order chi connectivity index (χ0) is 20.9. The lowest BCUT2D eigenvalue weighted by molar-refractivity contribution is -0.138. The number of hydrogen-bond donors (Lipinski definition) is 0. The molecule has 150 valence electrons. The molecule has 0 saturated carbocycles. The molecule has 0 aromatic heterocycles. The number of aryl methyl sites for hydroxylation is 1. The maximum absolute atomic E-state index is 13.2. The zero-order valence-electron chi connectivity index (χ0n) is 15.6. The number of carbonyl (C=O) groups is 2. The summed E-state index contributed by atoms with van der Waals surface area (Å²) < 4.78 is 36.8. The van der Waals surface area contributed by atoms with E-state index in [4.69, 9.17) is 16.3 Å². The minimum Gasteiger partial charge on any atom is -0.468 e. The van der Waals surface area contributed by atoms with Crippen molar-refractivity contribution in [3.05, 3.63) is 58.6 Å². The van der Waals surface area contributed by atoms with E-state index in [2.05, 4.69) is 4.74 Å². The highest BCUT2D eigenvalue weighted by Crippen LogP contribution is 2.28. The molecule has 2 aromatic carbocycles. The van der Waals surface area contributed by atoms with E-state index in [0.717, 1.165) is 4.31 Å². The largest absolute Gasteiger partial charge is 0.468 e. The number of benzene rings is 2. The third-order valence-electron chi connectivity index (χ3n) is 3.88. The van der Waals surface area contributed by atoms with Crippen LogP contribution in [0, 0.1) is 6.92 Å². The first-order valence-electron chi connectivity index (χ1n) is 8.33. The fourth-order valence-corrected chi connectivity index (χ4v) is 4.09. The Morgan fingerprint density at radius 2 is 1.75 bits per heavy atom. The highest BCUT2D eigenvalue weighted by atomic mass is 35.5. The standard InChI is InChI=1S/C19H20ClNO6S/c1-4-27-19(23)14-5-10-17(13(2)11-14)21(12-18(22)26-3)28(24,25)16-8-6-15(20)7-9-16/h5-11H,4,12H2,1-3H3. The minimum atomic E-state index is -4.08. The van der Waals surface area contributed by atoms with Gasteiger partial charge in [0.25, 0.3) is 10.0 Å². The van der Waals surface area contributed by atoms with Crippen molar-refractivity contribution in [3.63, 3.8) is 0 Å². The Labute approximate surface area is 168 Å². The van der Waals surface area contributed by atoms with Crippen LogP contribution in [0.4, 0.5) is 5.69 Å². The van der Waals surface area contributed by atoms with E-state index < -0.39 is 28.5 Å². The van der Waals surface area contributed by atoms with Crippen LogP contribution in [-0.2, 0) is 24.3 Å². The van der Waals surface area contributed by atoms with Gasteiger partial charge in [-0.15, -0.1) is 0 Å². The summed E-state index contributed by atoms with van der Waals surface area (Å²) in [6.07, 6.45) is 0. The molecular weight excluding hydrogens is 406 g/mol. The summed E-state index contributed by atoms with van der Waals surface area (Å²) in [5, 5.41) is 0.383. The van der Waals surface area contributed by atoms with Crippen LogP contribution in [0.25, 0.3) is 0 Å². The minimum absolute atomic E-state index is 0.0327. The molecule has 0 aliphatic carbocycles. The number of anilines is 1. The Morgan fingerprint density at radius 3 is 2.29 bits per heavy atom. The number of esters is 2. The molecule has 0 aliphatic rings. The van der Waals surface area contributed by atoms with Crippen LogP contribution in [0.5, 0.6) is 0 Å². The van der Waals surface area contributed by atoms with Gasteiger partial charge in [0, 0.05) is 5.02 Å². The molecular formula is C19H20ClNO6S. The maximum atomic E-state index is 13.2. The van der Waals surface area contributed by atoms with Crippen molar-refractivity contribution in [2.24, 2.45) is 0 Å². The molecule has 0 N–H and O–H groups in total. The molecule has 0 unspecified atom stereocenters. The summed E-state index contributed by atoms with van der Waals surface area (Å²) in [6.45, 7) is 3.02. The second-order valence-electron chi connectivity index (χ2n) is 5.76. The van der Waals surface area contributed by atoms with Gasteiger partial charge in [0.15, 0.2) is 0 Å². The second kappa shape index (κ2) is 9.07. The molecule has 9 heteroatoms. The van der Waals surface area contributed by atoms with E-state index in [1.54, 1.807) is 13.8 Å². The molecule has 2 rings (SSSR count). The number of rotatable bonds is 7. The number of ether oxygens (including phenoxy) is 2. The molecule has 0 amide bonds. The van der Waals surface area contributed by atoms with E-state index in [1.807, 2.05) is 0 Å². The Hall–Kier alpha value is -2.58. The quantitative estimate of drug-likeness (QED) is 0.633. The molecule has 0 bridgehead atoms. The van der Waals surface area contributed by atoms with Crippen molar-refractivity contribution in [3.8, 4) is 0 Å². The average Bonchev–Trinajstić information content (AvgIpc) is 2.66. The smallest absolute Gasteiger partial charge is 0.338 e. The maximum Gasteiger partial charge on any atom is 0.338 e. The highest BCUT2D eigenvalue weighted by Gasteiger charge is 2.29. The van der Waals surface area contributed by atoms with E-state index in [9.17, 15) is 18.0 Å². The van der Waals surface area contributed by atoms with Crippen molar-refractivity contribution in [2.75, 3.05) is 24.6 Å². The molecule has 0 atom stereocenters. The average molecular weight is 426 g/mol. The molecule has 0 aliphatic heterocycles. The number of sulfonamides is 1. The second-order valence-corrected chi connectivity index (χ2v) is 8.06. The van der Waals surface area contributed by atoms with Gasteiger partial charge in [-0.25, -0.2) is 13.2 Å². The van der Waals surface area contributed by atoms with Gasteiger partial charge in [-0.2, -0.15) is 0 Å². The van der Waals surface area contributed by atoms with Crippen molar-refractivity contribution in [1.82, 2.24) is 0 Å². The SMILES string of the molecule is CCOC(=O)c1ccc(N(CC(=O)OC)S(=O)(=O)c2ccc(Cl)cc2)c(C)c1. The van der Waals surface area contributed by atoms with Gasteiger partial charge in [0.05, 0.1) is 29.9 Å². The van der Waals surface area contributed by atoms with Gasteiger partial charge in [-0.1, -0.05) is 11.6 Å². The van der Waals surface area contributed by atoms with Crippen molar-refractivity contribution in [2.45, 2.75) is 18.7 Å². The Kier molecular flexibility index (Phi) is 7.04. The van der Waals surface area contributed by atoms with Crippen LogP contribution in [0.1, 0.15) is 22.8 Å². The summed E-state index contributed by atoms with van der Waals surface area (Å²) in [5.74, 6) is -1.25. The molecule has 28 heavy (non-hydrogen) atoms. The van der Waals surface area contributed by atoms with Crippen LogP contribution < -0.4 is 4.31 Å². The highest BCUT2D eigenvalue weighted by molar-refractivity contribution is 7.92. The van der Waals surface area contributed by atoms with Crippen LogP contribution in [0.15, 0.2) is 47.4 Å². The van der Waals surface area contributed by atoms with E-state index >= 15 is 0 Å². The fourth-order valence-electron chi connectivity index (χ4n) is 2.49. The third kappa shape index (κ3) is 4.82. The Morgan fingerprint density at radius 1 is 1.11 bits per heavy atom. The van der Waals surface area contributed by atoms with Crippen LogP contribution in [0.3, 0.4) is 0 Å². The third-order valence-corrected chi connectivity index (χ3v) is 5.90. The van der Waals surface area contributed by atoms with Crippen LogP contribution >= 0.6 is 11.6 Å². The first-order valence-corrected chi connectivity index (χ1v) is 10.2. The number of carbonyl (C=O) groups excluding carboxylic acids is 2. The van der Waals surface area contributed by atoms with Gasteiger partial charge in [-0.3, -0.25) is 9.10 Å². The van der Waals surface area contributed by atoms with Gasteiger partial charge in [-0.05, 0) is 61.9 Å². The summed E-state index contributed by atoms with van der Waals surface area (Å²) in [4.78, 5) is 23.8. The lowest BCUT2D eigenvalue weighted by Gasteiger charge is -2.25. The number of hydrogen-bond acceptors (Lipinski definition) is 6. The molecule has 0 heterocycles. The molecule has 2 aromatic rings. The molecule has 0 fully saturated rings. The summed E-state index contributed by atoms with van der Waals surface area (Å²) in [7, 11) is -2.91. The van der Waals surface area contributed by atoms with Gasteiger partial charge in [0.2, 0.25) is 0 Å². The predicted molar refractivity (Wildman–Crippen MR) is 105 cm³/mol. The van der Waals surface area contributed by atoms with Crippen molar-refractivity contribution in [1.29, 1.82) is 0 Å². The van der Waals surface area contributed by atoms with E-state index in [1.165, 1.54) is 49.6 Å². The molecule has 7 nitrogen and oxygen atoms in total. The molecule has 0 spiro atoms. The van der Waals surface area contributed by atoms with Gasteiger partial charge in [0.1, 0.15) is 6.54 Å². The van der Waals surface area contributed by atoms with E-state index in [0.29, 0.717) is 10.6 Å². The van der Waals surface area contributed by atoms with Gasteiger partial charge >= 0.3 is 11.9 Å². The van der Waals surface area contributed by atoms with Crippen molar-refractivity contribution < 1.29 is 27.5 Å². The van der Waals surface area contributed by atoms with Crippen LogP contribution in [-0.4, -0.2) is 40.6 Å². The molecule has 0 radical (unpaired) electrons. The number of methoxy groups -OCH3 is 1. The topological polar surface area (TPSA) is 90.0 Å². The number of halogens is 1. The first kappa shape index (κ1) is 21.7. The number of nitrogens with zero attached hydrogens (tertiary/aromatic N) is 1. The molecule has 0 saturated heterocycles. The van der Waals surface area contributed by atoms with Crippen LogP contribution in [0.2, 0.25) is 5.02 Å².